The third kappa shape index (κ3) is 4.13. The average molecular weight is 452 g/mol. The van der Waals surface area contributed by atoms with E-state index in [2.05, 4.69) is 17.6 Å². The number of hydrogen-bond donors (Lipinski definition) is 4. The molecule has 4 rings (SSSR count). The average Bonchev–Trinajstić information content (AvgIpc) is 3.44. The van der Waals surface area contributed by atoms with E-state index in [1.807, 2.05) is 6.92 Å². The number of anilines is 1. The molecule has 0 bridgehead atoms. The second-order valence-electron chi connectivity index (χ2n) is 9.89. The molecule has 0 aromatic carbocycles. The highest BCUT2D eigenvalue weighted by molar-refractivity contribution is 7.15. The quantitative estimate of drug-likeness (QED) is 0.502. The molecule has 4 N–H and O–H groups in total. The van der Waals surface area contributed by atoms with Gasteiger partial charge in [0, 0.05) is 35.8 Å². The lowest BCUT2D eigenvalue weighted by Gasteiger charge is -2.58. The van der Waals surface area contributed by atoms with Crippen molar-refractivity contribution in [2.24, 2.45) is 16.7 Å². The third-order valence-electron chi connectivity index (χ3n) is 7.75. The maximum Gasteiger partial charge on any atom is 0.252 e. The van der Waals surface area contributed by atoms with Crippen LogP contribution in [0.3, 0.4) is 0 Å². The molecule has 0 spiro atoms. The van der Waals surface area contributed by atoms with Crippen molar-refractivity contribution >= 4 is 28.3 Å². The smallest absolute Gasteiger partial charge is 0.252 e. The predicted octanol–water partition coefficient (Wildman–Crippen LogP) is 1.81. The number of aliphatic hydroxyl groups excluding tert-OH is 2. The number of hydrogen-bond acceptors (Lipinski definition) is 7. The number of rotatable bonds is 7. The highest BCUT2D eigenvalue weighted by Crippen LogP contribution is 2.62. The molecular formula is C22H33N3O5S. The summed E-state index contributed by atoms with van der Waals surface area (Å²) in [5.74, 6) is -0.378. The fraction of sp³-hybridized carbons (Fsp3) is 0.773. The first-order chi connectivity index (χ1) is 14.7. The van der Waals surface area contributed by atoms with Gasteiger partial charge in [0.15, 0.2) is 5.13 Å². The molecule has 3 aliphatic carbocycles. The number of carbonyl (C=O) groups is 2. The van der Waals surface area contributed by atoms with Crippen LogP contribution in [-0.2, 0) is 20.7 Å². The second-order valence-corrected chi connectivity index (χ2v) is 11.0. The molecule has 2 amide bonds. The van der Waals surface area contributed by atoms with Crippen LogP contribution in [0.5, 0.6) is 0 Å². The SMILES string of the molecule is COCC(=O)Nc1nc2c(s1)C[C@@H]1[C@](C)(CO)[C@H](O)CC[C@@]1(C)[C@@H]2CC(=O)NC1CC1. The summed E-state index contributed by atoms with van der Waals surface area (Å²) in [6, 6.07) is 0.286. The van der Waals surface area contributed by atoms with Crippen LogP contribution in [0.1, 0.15) is 62.4 Å². The first kappa shape index (κ1) is 22.6. The number of aromatic nitrogens is 1. The second kappa shape index (κ2) is 8.42. The van der Waals surface area contributed by atoms with Gasteiger partial charge in [-0.3, -0.25) is 14.9 Å². The van der Waals surface area contributed by atoms with Gasteiger partial charge >= 0.3 is 0 Å². The molecule has 3 aliphatic rings. The molecule has 1 heterocycles. The van der Waals surface area contributed by atoms with E-state index in [-0.39, 0.29) is 48.3 Å². The van der Waals surface area contributed by atoms with E-state index < -0.39 is 11.5 Å². The summed E-state index contributed by atoms with van der Waals surface area (Å²) in [7, 11) is 1.47. The number of aliphatic hydroxyl groups is 2. The van der Waals surface area contributed by atoms with Crippen LogP contribution in [0, 0.1) is 16.7 Å². The molecule has 31 heavy (non-hydrogen) atoms. The van der Waals surface area contributed by atoms with Gasteiger partial charge in [-0.25, -0.2) is 4.98 Å². The van der Waals surface area contributed by atoms with Gasteiger partial charge < -0.3 is 20.3 Å². The molecule has 0 radical (unpaired) electrons. The minimum absolute atomic E-state index is 0.00273. The van der Waals surface area contributed by atoms with E-state index in [1.54, 1.807) is 0 Å². The Kier molecular flexibility index (Phi) is 6.15. The van der Waals surface area contributed by atoms with Crippen LogP contribution in [0.2, 0.25) is 0 Å². The van der Waals surface area contributed by atoms with E-state index in [1.165, 1.54) is 18.4 Å². The van der Waals surface area contributed by atoms with Crippen molar-refractivity contribution in [3.8, 4) is 0 Å². The lowest BCUT2D eigenvalue weighted by Crippen LogP contribution is -2.57. The molecule has 1 aromatic heterocycles. The van der Waals surface area contributed by atoms with Crippen molar-refractivity contribution < 1.29 is 24.5 Å². The Morgan fingerprint density at radius 1 is 1.26 bits per heavy atom. The summed E-state index contributed by atoms with van der Waals surface area (Å²) in [4.78, 5) is 30.6. The zero-order chi connectivity index (χ0) is 22.4. The van der Waals surface area contributed by atoms with E-state index in [0.717, 1.165) is 29.8 Å². The van der Waals surface area contributed by atoms with Gasteiger partial charge in [-0.05, 0) is 43.4 Å². The van der Waals surface area contributed by atoms with Gasteiger partial charge in [0.2, 0.25) is 5.91 Å². The monoisotopic (exact) mass is 451 g/mol. The Labute approximate surface area is 186 Å². The van der Waals surface area contributed by atoms with Crippen LogP contribution < -0.4 is 10.6 Å². The highest BCUT2D eigenvalue weighted by atomic mass is 32.1. The van der Waals surface area contributed by atoms with Crippen LogP contribution >= 0.6 is 11.3 Å². The standard InChI is InChI=1S/C22H33N3O5S/c1-21-7-6-16(27)22(2,11-26)15(21)9-14-19(13(21)8-17(28)23-12-4-5-12)25-20(31-14)24-18(29)10-30-3/h12-13,15-16,26-27H,4-11H2,1-3H3,(H,23,28)(H,24,25,29)/t13-,15+,16-,21+,22+/m1/s1. The number of nitrogens with zero attached hydrogens (tertiary/aromatic N) is 1. The molecule has 0 aliphatic heterocycles. The fourth-order valence-corrected chi connectivity index (χ4v) is 6.77. The molecule has 0 saturated heterocycles. The molecule has 1 aromatic rings. The number of fused-ring (bicyclic) bond motifs is 2. The van der Waals surface area contributed by atoms with Crippen molar-refractivity contribution in [1.82, 2.24) is 10.3 Å². The summed E-state index contributed by atoms with van der Waals surface area (Å²) in [6.45, 7) is 3.97. The minimum Gasteiger partial charge on any atom is -0.396 e. The maximum atomic E-state index is 12.8. The van der Waals surface area contributed by atoms with Crippen LogP contribution in [0.25, 0.3) is 0 Å². The number of amides is 2. The lowest BCUT2D eigenvalue weighted by molar-refractivity contribution is -0.144. The molecule has 5 atom stereocenters. The van der Waals surface area contributed by atoms with Gasteiger partial charge in [0.1, 0.15) is 6.61 Å². The zero-order valence-electron chi connectivity index (χ0n) is 18.4. The van der Waals surface area contributed by atoms with Crippen LogP contribution in [0.4, 0.5) is 5.13 Å². The third-order valence-corrected chi connectivity index (χ3v) is 8.76. The Balaban J connectivity index is 1.70. The van der Waals surface area contributed by atoms with Crippen molar-refractivity contribution in [2.45, 2.75) is 70.4 Å². The number of nitrogens with one attached hydrogen (secondary N) is 2. The van der Waals surface area contributed by atoms with E-state index in [4.69, 9.17) is 9.72 Å². The summed E-state index contributed by atoms with van der Waals surface area (Å²) in [5.41, 5.74) is -0.0645. The van der Waals surface area contributed by atoms with Crippen molar-refractivity contribution in [1.29, 1.82) is 0 Å². The minimum atomic E-state index is -0.653. The van der Waals surface area contributed by atoms with Gasteiger partial charge in [-0.2, -0.15) is 0 Å². The van der Waals surface area contributed by atoms with Crippen LogP contribution in [0.15, 0.2) is 0 Å². The Hall–Kier alpha value is -1.55. The van der Waals surface area contributed by atoms with E-state index in [0.29, 0.717) is 24.4 Å². The Morgan fingerprint density at radius 2 is 2.00 bits per heavy atom. The van der Waals surface area contributed by atoms with Crippen molar-refractivity contribution in [3.05, 3.63) is 10.6 Å². The predicted molar refractivity (Wildman–Crippen MR) is 117 cm³/mol. The van der Waals surface area contributed by atoms with Crippen molar-refractivity contribution in [2.75, 3.05) is 25.6 Å². The Morgan fingerprint density at radius 3 is 2.65 bits per heavy atom. The van der Waals surface area contributed by atoms with E-state index in [9.17, 15) is 19.8 Å². The first-order valence-corrected chi connectivity index (χ1v) is 11.9. The number of thiazole rings is 1. The van der Waals surface area contributed by atoms with Gasteiger partial charge in [0.25, 0.3) is 5.91 Å². The molecule has 172 valence electrons. The van der Waals surface area contributed by atoms with Gasteiger partial charge in [-0.15, -0.1) is 11.3 Å². The molecular weight excluding hydrogens is 418 g/mol. The van der Waals surface area contributed by atoms with E-state index >= 15 is 0 Å². The highest BCUT2D eigenvalue weighted by Gasteiger charge is 2.59. The topological polar surface area (TPSA) is 121 Å². The fourth-order valence-electron chi connectivity index (χ4n) is 5.69. The molecule has 0 unspecified atom stereocenters. The molecule has 2 saturated carbocycles. The number of carbonyl (C=O) groups excluding carboxylic acids is 2. The summed E-state index contributed by atoms with van der Waals surface area (Å²) >= 11 is 1.42. The number of ether oxygens (including phenoxy) is 1. The molecule has 9 heteroatoms. The summed E-state index contributed by atoms with van der Waals surface area (Å²) in [6.07, 6.45) is 3.81. The largest absolute Gasteiger partial charge is 0.396 e. The maximum absolute atomic E-state index is 12.8. The summed E-state index contributed by atoms with van der Waals surface area (Å²) in [5, 5.41) is 27.5. The first-order valence-electron chi connectivity index (χ1n) is 11.1. The lowest BCUT2D eigenvalue weighted by atomic mass is 9.47. The molecule has 2 fully saturated rings. The Bertz CT molecular complexity index is 856. The van der Waals surface area contributed by atoms with Crippen molar-refractivity contribution in [3.63, 3.8) is 0 Å². The van der Waals surface area contributed by atoms with Gasteiger partial charge in [0.05, 0.1) is 18.4 Å². The number of methoxy groups -OCH3 is 1. The molecule has 8 nitrogen and oxygen atoms in total. The van der Waals surface area contributed by atoms with Gasteiger partial charge in [-0.1, -0.05) is 13.8 Å². The normalized spacial score (nSPS) is 34.5. The summed E-state index contributed by atoms with van der Waals surface area (Å²) < 4.78 is 4.90. The van der Waals surface area contributed by atoms with Crippen LogP contribution in [-0.4, -0.2) is 59.5 Å². The zero-order valence-corrected chi connectivity index (χ0v) is 19.3.